The van der Waals surface area contributed by atoms with E-state index in [9.17, 15) is 4.79 Å². The van der Waals surface area contributed by atoms with Gasteiger partial charge in [0.2, 0.25) is 0 Å². The van der Waals surface area contributed by atoms with Crippen molar-refractivity contribution in [2.45, 2.75) is 6.92 Å². The summed E-state index contributed by atoms with van der Waals surface area (Å²) in [6, 6.07) is 18.4. The summed E-state index contributed by atoms with van der Waals surface area (Å²) in [5.41, 5.74) is 4.39. The van der Waals surface area contributed by atoms with Gasteiger partial charge in [-0.2, -0.15) is 4.80 Å². The molecule has 4 rings (SSSR count). The van der Waals surface area contributed by atoms with Crippen molar-refractivity contribution in [2.75, 3.05) is 5.32 Å². The van der Waals surface area contributed by atoms with Crippen LogP contribution >= 0.6 is 27.5 Å². The maximum atomic E-state index is 12.5. The first-order chi connectivity index (χ1) is 13.0. The van der Waals surface area contributed by atoms with Crippen molar-refractivity contribution in [1.29, 1.82) is 0 Å². The van der Waals surface area contributed by atoms with E-state index in [2.05, 4.69) is 31.4 Å². The van der Waals surface area contributed by atoms with Crippen molar-refractivity contribution >= 4 is 50.2 Å². The fourth-order valence-corrected chi connectivity index (χ4v) is 3.30. The Labute approximate surface area is 169 Å². The number of benzene rings is 3. The number of hydrogen-bond donors (Lipinski definition) is 1. The molecule has 7 heteroatoms. The molecule has 0 saturated carbocycles. The monoisotopic (exact) mass is 440 g/mol. The average Bonchev–Trinajstić information content (AvgIpc) is 3.07. The summed E-state index contributed by atoms with van der Waals surface area (Å²) >= 11 is 9.59. The van der Waals surface area contributed by atoms with Crippen molar-refractivity contribution < 1.29 is 4.79 Å². The summed E-state index contributed by atoms with van der Waals surface area (Å²) < 4.78 is 0.741. The van der Waals surface area contributed by atoms with Crippen molar-refractivity contribution in [2.24, 2.45) is 0 Å². The zero-order chi connectivity index (χ0) is 19.0. The third-order valence-corrected chi connectivity index (χ3v) is 5.24. The molecule has 1 aromatic heterocycles. The van der Waals surface area contributed by atoms with Crippen LogP contribution in [-0.2, 0) is 0 Å². The van der Waals surface area contributed by atoms with Gasteiger partial charge in [-0.1, -0.05) is 29.8 Å². The first-order valence-electron chi connectivity index (χ1n) is 8.21. The summed E-state index contributed by atoms with van der Waals surface area (Å²) in [6.45, 7) is 1.94. The lowest BCUT2D eigenvalue weighted by Gasteiger charge is -2.06. The van der Waals surface area contributed by atoms with Crippen LogP contribution in [0, 0.1) is 6.92 Å². The number of fused-ring (bicyclic) bond motifs is 1. The number of rotatable bonds is 3. The normalized spacial score (nSPS) is 10.9. The first kappa shape index (κ1) is 17.7. The standard InChI is InChI=1S/C20H14BrClN4O/c1-12-6-8-14(11-17(12)22)26-24-18-9-7-13(10-19(18)25-26)23-20(27)15-4-2-3-5-16(15)21/h2-11H,1H3,(H,23,27). The predicted octanol–water partition coefficient (Wildman–Crippen LogP) is 5.40. The molecule has 4 aromatic rings. The van der Waals surface area contributed by atoms with Crippen molar-refractivity contribution in [3.8, 4) is 5.69 Å². The minimum absolute atomic E-state index is 0.195. The maximum Gasteiger partial charge on any atom is 0.256 e. The molecule has 0 saturated heterocycles. The van der Waals surface area contributed by atoms with Gasteiger partial charge in [0.25, 0.3) is 5.91 Å². The number of nitrogens with one attached hydrogen (secondary N) is 1. The van der Waals surface area contributed by atoms with Crippen LogP contribution in [-0.4, -0.2) is 20.9 Å². The number of halogens is 2. The Hall–Kier alpha value is -2.70. The molecule has 27 heavy (non-hydrogen) atoms. The van der Waals surface area contributed by atoms with Crippen LogP contribution in [0.3, 0.4) is 0 Å². The van der Waals surface area contributed by atoms with Crippen molar-refractivity contribution in [3.05, 3.63) is 81.3 Å². The van der Waals surface area contributed by atoms with E-state index in [1.807, 2.05) is 49.4 Å². The third-order valence-electron chi connectivity index (χ3n) is 4.14. The molecular weight excluding hydrogens is 428 g/mol. The molecule has 0 spiro atoms. The van der Waals surface area contributed by atoms with Crippen molar-refractivity contribution in [1.82, 2.24) is 15.0 Å². The summed E-state index contributed by atoms with van der Waals surface area (Å²) in [4.78, 5) is 14.0. The molecular formula is C20H14BrClN4O. The summed E-state index contributed by atoms with van der Waals surface area (Å²) in [7, 11) is 0. The quantitative estimate of drug-likeness (QED) is 0.463. The second kappa shape index (κ2) is 7.13. The van der Waals surface area contributed by atoms with Crippen LogP contribution in [0.25, 0.3) is 16.7 Å². The number of aromatic nitrogens is 3. The van der Waals surface area contributed by atoms with E-state index in [1.165, 1.54) is 4.80 Å². The highest BCUT2D eigenvalue weighted by molar-refractivity contribution is 9.10. The zero-order valence-electron chi connectivity index (χ0n) is 14.3. The van der Waals surface area contributed by atoms with E-state index in [1.54, 1.807) is 18.2 Å². The summed E-state index contributed by atoms with van der Waals surface area (Å²) in [5.74, 6) is -0.195. The minimum Gasteiger partial charge on any atom is -0.322 e. The second-order valence-electron chi connectivity index (χ2n) is 6.06. The Morgan fingerprint density at radius 3 is 2.59 bits per heavy atom. The number of carbonyl (C=O) groups excluding carboxylic acids is 1. The number of aryl methyl sites for hydroxylation is 1. The number of nitrogens with zero attached hydrogens (tertiary/aromatic N) is 3. The van der Waals surface area contributed by atoms with Crippen LogP contribution < -0.4 is 5.32 Å². The lowest BCUT2D eigenvalue weighted by atomic mass is 10.2. The first-order valence-corrected chi connectivity index (χ1v) is 9.38. The van der Waals surface area contributed by atoms with E-state index in [0.717, 1.165) is 21.2 Å². The van der Waals surface area contributed by atoms with Crippen LogP contribution in [0.1, 0.15) is 15.9 Å². The van der Waals surface area contributed by atoms with Gasteiger partial charge < -0.3 is 5.32 Å². The fourth-order valence-electron chi connectivity index (χ4n) is 2.66. The van der Waals surface area contributed by atoms with E-state index in [0.29, 0.717) is 21.8 Å². The maximum absolute atomic E-state index is 12.5. The molecule has 3 aromatic carbocycles. The summed E-state index contributed by atoms with van der Waals surface area (Å²) in [5, 5.41) is 12.5. The van der Waals surface area contributed by atoms with E-state index in [4.69, 9.17) is 11.6 Å². The lowest BCUT2D eigenvalue weighted by Crippen LogP contribution is -2.12. The molecule has 1 amide bonds. The lowest BCUT2D eigenvalue weighted by molar-refractivity contribution is 0.102. The van der Waals surface area contributed by atoms with Gasteiger partial charge in [-0.3, -0.25) is 4.79 Å². The number of anilines is 1. The molecule has 0 bridgehead atoms. The van der Waals surface area contributed by atoms with E-state index < -0.39 is 0 Å². The molecule has 0 unspecified atom stereocenters. The van der Waals surface area contributed by atoms with Crippen LogP contribution in [0.2, 0.25) is 5.02 Å². The molecule has 1 N–H and O–H groups in total. The van der Waals surface area contributed by atoms with Gasteiger partial charge in [-0.15, -0.1) is 10.2 Å². The number of hydrogen-bond acceptors (Lipinski definition) is 3. The van der Waals surface area contributed by atoms with Crippen LogP contribution in [0.15, 0.2) is 65.1 Å². The Kier molecular flexibility index (Phi) is 4.68. The SMILES string of the molecule is Cc1ccc(-n2nc3ccc(NC(=O)c4ccccc4Br)cc3n2)cc1Cl. The van der Waals surface area contributed by atoms with E-state index in [-0.39, 0.29) is 5.91 Å². The van der Waals surface area contributed by atoms with Crippen LogP contribution in [0.4, 0.5) is 5.69 Å². The third kappa shape index (κ3) is 3.59. The van der Waals surface area contributed by atoms with Gasteiger partial charge in [0.05, 0.1) is 11.3 Å². The highest BCUT2D eigenvalue weighted by atomic mass is 79.9. The van der Waals surface area contributed by atoms with Gasteiger partial charge in [0, 0.05) is 15.2 Å². The van der Waals surface area contributed by atoms with Crippen LogP contribution in [0.5, 0.6) is 0 Å². The Bertz CT molecular complexity index is 1170. The fraction of sp³-hybridized carbons (Fsp3) is 0.0500. The van der Waals surface area contributed by atoms with Gasteiger partial charge in [-0.25, -0.2) is 0 Å². The van der Waals surface area contributed by atoms with Gasteiger partial charge in [0.15, 0.2) is 0 Å². The highest BCUT2D eigenvalue weighted by Crippen LogP contribution is 2.22. The molecule has 0 radical (unpaired) electrons. The topological polar surface area (TPSA) is 59.8 Å². The Morgan fingerprint density at radius 2 is 1.81 bits per heavy atom. The number of amides is 1. The Morgan fingerprint density at radius 1 is 1.04 bits per heavy atom. The molecule has 0 aliphatic heterocycles. The summed E-state index contributed by atoms with van der Waals surface area (Å²) in [6.07, 6.45) is 0. The van der Waals surface area contributed by atoms with Gasteiger partial charge >= 0.3 is 0 Å². The van der Waals surface area contributed by atoms with Gasteiger partial charge in [0.1, 0.15) is 11.0 Å². The molecule has 0 aliphatic rings. The zero-order valence-corrected chi connectivity index (χ0v) is 16.6. The Balaban J connectivity index is 1.64. The molecule has 0 aliphatic carbocycles. The average molecular weight is 442 g/mol. The number of carbonyl (C=O) groups is 1. The van der Waals surface area contributed by atoms with Crippen molar-refractivity contribution in [3.63, 3.8) is 0 Å². The molecule has 0 atom stereocenters. The molecule has 5 nitrogen and oxygen atoms in total. The van der Waals surface area contributed by atoms with Gasteiger partial charge in [-0.05, 0) is 70.9 Å². The molecule has 134 valence electrons. The largest absolute Gasteiger partial charge is 0.322 e. The van der Waals surface area contributed by atoms with E-state index >= 15 is 0 Å². The minimum atomic E-state index is -0.195. The second-order valence-corrected chi connectivity index (χ2v) is 7.32. The highest BCUT2D eigenvalue weighted by Gasteiger charge is 2.11. The molecule has 0 fully saturated rings. The smallest absolute Gasteiger partial charge is 0.256 e. The predicted molar refractivity (Wildman–Crippen MR) is 111 cm³/mol. The molecule has 1 heterocycles.